The molecule has 25 heavy (non-hydrogen) atoms. The van der Waals surface area contributed by atoms with Gasteiger partial charge >= 0.3 is 0 Å². The Morgan fingerprint density at radius 2 is 2.04 bits per heavy atom. The predicted molar refractivity (Wildman–Crippen MR) is 95.7 cm³/mol. The highest BCUT2D eigenvalue weighted by molar-refractivity contribution is 8.15. The Labute approximate surface area is 153 Å². The number of fused-ring (bicyclic) bond motifs is 1. The van der Waals surface area contributed by atoms with Crippen LogP contribution in [0.25, 0.3) is 0 Å². The summed E-state index contributed by atoms with van der Waals surface area (Å²) in [6.45, 7) is 0.492. The van der Waals surface area contributed by atoms with Crippen molar-refractivity contribution in [2.75, 3.05) is 6.61 Å². The summed E-state index contributed by atoms with van der Waals surface area (Å²) in [5.74, 6) is 1.55. The Hall–Kier alpha value is -2.18. The number of hydrogen-bond acceptors (Lipinski definition) is 5. The van der Waals surface area contributed by atoms with E-state index in [4.69, 9.17) is 21.1 Å². The summed E-state index contributed by atoms with van der Waals surface area (Å²) < 4.78 is 11.6. The molecule has 4 rings (SSSR count). The molecule has 2 atom stereocenters. The standard InChI is InChI=1S/C18H14ClNO4S/c19-13-3-1-2-4-14(13)24-10-5-6-11-12(7-8-23-15(11)9-10)16-17(21)20-18(22)25-16/h1-6,9,12,16H,7-8H2,(H,20,21,22)/t12-,16?/m1/s1. The summed E-state index contributed by atoms with van der Waals surface area (Å²) >= 11 is 7.17. The van der Waals surface area contributed by atoms with Crippen molar-refractivity contribution in [3.8, 4) is 17.2 Å². The Kier molecular flexibility index (Phi) is 4.31. The minimum atomic E-state index is -0.412. The number of hydrogen-bond donors (Lipinski definition) is 1. The summed E-state index contributed by atoms with van der Waals surface area (Å²) in [4.78, 5) is 23.5. The molecule has 1 N–H and O–H groups in total. The van der Waals surface area contributed by atoms with Crippen molar-refractivity contribution in [2.24, 2.45) is 0 Å². The van der Waals surface area contributed by atoms with E-state index in [-0.39, 0.29) is 17.1 Å². The lowest BCUT2D eigenvalue weighted by Crippen LogP contribution is -2.31. The van der Waals surface area contributed by atoms with Gasteiger partial charge in [-0.25, -0.2) is 0 Å². The summed E-state index contributed by atoms with van der Waals surface area (Å²) in [6, 6.07) is 12.7. The largest absolute Gasteiger partial charge is 0.493 e. The highest BCUT2D eigenvalue weighted by atomic mass is 35.5. The first-order valence-electron chi connectivity index (χ1n) is 7.82. The second-order valence-corrected chi connectivity index (χ2v) is 7.31. The van der Waals surface area contributed by atoms with Gasteiger partial charge in [-0.05, 0) is 30.2 Å². The van der Waals surface area contributed by atoms with Crippen LogP contribution < -0.4 is 14.8 Å². The van der Waals surface area contributed by atoms with Crippen LogP contribution in [-0.2, 0) is 4.79 Å². The zero-order valence-corrected chi connectivity index (χ0v) is 14.6. The first-order valence-corrected chi connectivity index (χ1v) is 9.08. The van der Waals surface area contributed by atoms with E-state index in [2.05, 4.69) is 5.32 Å². The second kappa shape index (κ2) is 6.61. The number of carbonyl (C=O) groups is 2. The van der Waals surface area contributed by atoms with Gasteiger partial charge < -0.3 is 9.47 Å². The third kappa shape index (κ3) is 3.19. The van der Waals surface area contributed by atoms with Crippen molar-refractivity contribution in [3.63, 3.8) is 0 Å². The zero-order chi connectivity index (χ0) is 17.4. The molecule has 0 aromatic heterocycles. The number of carbonyl (C=O) groups excluding carboxylic acids is 2. The molecule has 2 heterocycles. The monoisotopic (exact) mass is 375 g/mol. The molecule has 0 spiro atoms. The third-order valence-electron chi connectivity index (χ3n) is 4.22. The molecule has 7 heteroatoms. The predicted octanol–water partition coefficient (Wildman–Crippen LogP) is 4.35. The summed E-state index contributed by atoms with van der Waals surface area (Å²) in [6.07, 6.45) is 0.691. The number of amides is 2. The van der Waals surface area contributed by atoms with E-state index >= 15 is 0 Å². The molecule has 2 aliphatic heterocycles. The van der Waals surface area contributed by atoms with Gasteiger partial charge in [-0.2, -0.15) is 0 Å². The van der Waals surface area contributed by atoms with E-state index in [0.29, 0.717) is 35.3 Å². The normalized spacial score (nSPS) is 22.1. The number of ether oxygens (including phenoxy) is 2. The van der Waals surface area contributed by atoms with Crippen LogP contribution in [0.3, 0.4) is 0 Å². The maximum absolute atomic E-state index is 12.0. The highest BCUT2D eigenvalue weighted by Crippen LogP contribution is 2.43. The molecule has 0 aliphatic carbocycles. The van der Waals surface area contributed by atoms with Crippen molar-refractivity contribution < 1.29 is 19.1 Å². The molecule has 1 fully saturated rings. The number of rotatable bonds is 3. The van der Waals surface area contributed by atoms with E-state index in [1.807, 2.05) is 24.3 Å². The summed E-state index contributed by atoms with van der Waals surface area (Å²) in [5.41, 5.74) is 0.917. The van der Waals surface area contributed by atoms with Crippen LogP contribution in [0.2, 0.25) is 5.02 Å². The number of benzene rings is 2. The number of imide groups is 1. The molecular weight excluding hydrogens is 362 g/mol. The van der Waals surface area contributed by atoms with Gasteiger partial charge in [0.1, 0.15) is 22.5 Å². The quantitative estimate of drug-likeness (QED) is 0.863. The lowest BCUT2D eigenvalue weighted by atomic mass is 9.89. The molecule has 1 saturated heterocycles. The molecule has 0 radical (unpaired) electrons. The van der Waals surface area contributed by atoms with E-state index in [1.54, 1.807) is 18.2 Å². The molecule has 2 aromatic rings. The number of halogens is 1. The number of nitrogens with one attached hydrogen (secondary N) is 1. The molecule has 128 valence electrons. The van der Waals surface area contributed by atoms with Gasteiger partial charge in [0.05, 0.1) is 11.6 Å². The van der Waals surface area contributed by atoms with Crippen molar-refractivity contribution in [2.45, 2.75) is 17.6 Å². The Balaban J connectivity index is 1.61. The first-order chi connectivity index (χ1) is 12.1. The fourth-order valence-electron chi connectivity index (χ4n) is 3.06. The topological polar surface area (TPSA) is 64.6 Å². The molecule has 0 saturated carbocycles. The van der Waals surface area contributed by atoms with E-state index in [9.17, 15) is 9.59 Å². The van der Waals surface area contributed by atoms with Gasteiger partial charge in [-0.1, -0.05) is 41.6 Å². The minimum Gasteiger partial charge on any atom is -0.493 e. The molecule has 2 amide bonds. The van der Waals surface area contributed by atoms with Crippen LogP contribution in [-0.4, -0.2) is 23.0 Å². The van der Waals surface area contributed by atoms with E-state index < -0.39 is 5.25 Å². The zero-order valence-electron chi connectivity index (χ0n) is 13.0. The average Bonchev–Trinajstić information content (AvgIpc) is 2.94. The van der Waals surface area contributed by atoms with Gasteiger partial charge in [0.15, 0.2) is 0 Å². The highest BCUT2D eigenvalue weighted by Gasteiger charge is 2.40. The van der Waals surface area contributed by atoms with Gasteiger partial charge in [0.25, 0.3) is 5.24 Å². The van der Waals surface area contributed by atoms with Crippen LogP contribution in [0.5, 0.6) is 17.2 Å². The first kappa shape index (κ1) is 16.3. The van der Waals surface area contributed by atoms with Crippen molar-refractivity contribution >= 4 is 34.5 Å². The van der Waals surface area contributed by atoms with E-state index in [0.717, 1.165) is 17.3 Å². The fraction of sp³-hybridized carbons (Fsp3) is 0.222. The minimum absolute atomic E-state index is 0.0606. The van der Waals surface area contributed by atoms with Gasteiger partial charge in [0, 0.05) is 12.0 Å². The van der Waals surface area contributed by atoms with Crippen LogP contribution in [0.4, 0.5) is 4.79 Å². The summed E-state index contributed by atoms with van der Waals surface area (Å²) in [7, 11) is 0. The molecular formula is C18H14ClNO4S. The number of para-hydroxylation sites is 1. The maximum Gasteiger partial charge on any atom is 0.286 e. The molecule has 2 aromatic carbocycles. The van der Waals surface area contributed by atoms with Crippen LogP contribution >= 0.6 is 23.4 Å². The molecule has 1 unspecified atom stereocenters. The maximum atomic E-state index is 12.0. The molecule has 2 aliphatic rings. The van der Waals surface area contributed by atoms with Gasteiger partial charge in [-0.15, -0.1) is 0 Å². The summed E-state index contributed by atoms with van der Waals surface area (Å²) in [5, 5.41) is 2.17. The fourth-order valence-corrected chi connectivity index (χ4v) is 4.24. The van der Waals surface area contributed by atoms with Crippen molar-refractivity contribution in [1.82, 2.24) is 5.32 Å². The Morgan fingerprint density at radius 3 is 2.80 bits per heavy atom. The lowest BCUT2D eigenvalue weighted by molar-refractivity contribution is -0.119. The van der Waals surface area contributed by atoms with Gasteiger partial charge in [0.2, 0.25) is 5.91 Å². The van der Waals surface area contributed by atoms with E-state index in [1.165, 1.54) is 0 Å². The van der Waals surface area contributed by atoms with Crippen molar-refractivity contribution in [3.05, 3.63) is 53.1 Å². The molecule has 0 bridgehead atoms. The smallest absolute Gasteiger partial charge is 0.286 e. The van der Waals surface area contributed by atoms with Crippen LogP contribution in [0.1, 0.15) is 17.9 Å². The average molecular weight is 376 g/mol. The lowest BCUT2D eigenvalue weighted by Gasteiger charge is -2.28. The Bertz CT molecular complexity index is 857. The van der Waals surface area contributed by atoms with Crippen LogP contribution in [0, 0.1) is 0 Å². The van der Waals surface area contributed by atoms with Gasteiger partial charge in [-0.3, -0.25) is 14.9 Å². The van der Waals surface area contributed by atoms with Crippen LogP contribution in [0.15, 0.2) is 42.5 Å². The third-order valence-corrected chi connectivity index (χ3v) is 5.64. The molecule has 5 nitrogen and oxygen atoms in total. The number of thioether (sulfide) groups is 1. The van der Waals surface area contributed by atoms with Crippen molar-refractivity contribution in [1.29, 1.82) is 0 Å². The second-order valence-electron chi connectivity index (χ2n) is 5.79. The SMILES string of the molecule is O=C1NC(=O)C([C@@H]2CCOc3cc(Oc4ccccc4Cl)ccc32)S1. The Morgan fingerprint density at radius 1 is 1.20 bits per heavy atom.